The number of fused-ring (bicyclic) bond motifs is 1. The van der Waals surface area contributed by atoms with Gasteiger partial charge in [0.05, 0.1) is 16.8 Å². The molecule has 18 heavy (non-hydrogen) atoms. The summed E-state index contributed by atoms with van der Waals surface area (Å²) in [5.74, 6) is 0. The fraction of sp³-hybridized carbons (Fsp3) is 0.286. The summed E-state index contributed by atoms with van der Waals surface area (Å²) in [6, 6.07) is 4.23. The van der Waals surface area contributed by atoms with Crippen LogP contribution >= 0.6 is 15.9 Å². The van der Waals surface area contributed by atoms with Crippen molar-refractivity contribution >= 4 is 32.5 Å². The van der Waals surface area contributed by atoms with Gasteiger partial charge in [-0.3, -0.25) is 4.98 Å². The molecule has 1 aromatic heterocycles. The summed E-state index contributed by atoms with van der Waals surface area (Å²) in [4.78, 5) is 4.37. The number of hydrogen-bond donors (Lipinski definition) is 1. The van der Waals surface area contributed by atoms with Crippen LogP contribution in [0.15, 0.2) is 16.7 Å². The number of aromatic nitrogens is 1. The molecule has 1 heterocycles. The fourth-order valence-corrected chi connectivity index (χ4v) is 2.45. The first kappa shape index (κ1) is 12.8. The van der Waals surface area contributed by atoms with Crippen LogP contribution in [0.1, 0.15) is 23.6 Å². The van der Waals surface area contributed by atoms with Crippen molar-refractivity contribution in [3.8, 4) is 6.07 Å². The third-order valence-corrected chi connectivity index (χ3v) is 4.21. The third-order valence-electron chi connectivity index (χ3n) is 2.99. The number of nitrogens with one attached hydrogen (secondary N) is 1. The van der Waals surface area contributed by atoms with Gasteiger partial charge in [-0.05, 0) is 38.0 Å². The number of hydrogen-bond acceptors (Lipinski definition) is 3. The zero-order valence-corrected chi connectivity index (χ0v) is 12.2. The summed E-state index contributed by atoms with van der Waals surface area (Å²) >= 11 is 3.59. The molecule has 0 radical (unpaired) electrons. The molecule has 0 aliphatic carbocycles. The molecule has 3 nitrogen and oxygen atoms in total. The molecule has 0 saturated carbocycles. The van der Waals surface area contributed by atoms with E-state index in [0.717, 1.165) is 38.7 Å². The number of anilines is 1. The monoisotopic (exact) mass is 303 g/mol. The second-order valence-corrected chi connectivity index (χ2v) is 5.01. The first-order valence-electron chi connectivity index (χ1n) is 5.82. The van der Waals surface area contributed by atoms with Crippen LogP contribution in [0.5, 0.6) is 0 Å². The molecular formula is C14H14BrN3. The van der Waals surface area contributed by atoms with Gasteiger partial charge in [-0.1, -0.05) is 15.9 Å². The van der Waals surface area contributed by atoms with Gasteiger partial charge in [-0.15, -0.1) is 0 Å². The molecule has 1 N–H and O–H groups in total. The van der Waals surface area contributed by atoms with Gasteiger partial charge >= 0.3 is 0 Å². The van der Waals surface area contributed by atoms with E-state index in [1.165, 1.54) is 0 Å². The molecular weight excluding hydrogens is 290 g/mol. The van der Waals surface area contributed by atoms with E-state index in [1.54, 1.807) is 6.20 Å². The zero-order chi connectivity index (χ0) is 13.3. The Morgan fingerprint density at radius 2 is 2.17 bits per heavy atom. The predicted octanol–water partition coefficient (Wildman–Crippen LogP) is 3.92. The van der Waals surface area contributed by atoms with Crippen molar-refractivity contribution in [1.82, 2.24) is 4.98 Å². The molecule has 0 unspecified atom stereocenters. The van der Waals surface area contributed by atoms with Gasteiger partial charge in [-0.25, -0.2) is 0 Å². The molecule has 0 aliphatic heterocycles. The van der Waals surface area contributed by atoms with Crippen LogP contribution in [0.2, 0.25) is 0 Å². The number of aryl methyl sites for hydroxylation is 2. The quantitative estimate of drug-likeness (QED) is 0.915. The molecule has 0 aliphatic rings. The van der Waals surface area contributed by atoms with Crippen LogP contribution in [-0.2, 0) is 0 Å². The van der Waals surface area contributed by atoms with Crippen molar-refractivity contribution in [2.75, 3.05) is 11.9 Å². The summed E-state index contributed by atoms with van der Waals surface area (Å²) in [5, 5.41) is 13.5. The second-order valence-electron chi connectivity index (χ2n) is 4.22. The number of halogens is 1. The normalized spacial score (nSPS) is 10.4. The first-order valence-corrected chi connectivity index (χ1v) is 6.61. The summed E-state index contributed by atoms with van der Waals surface area (Å²) in [5.41, 5.74) is 4.65. The lowest BCUT2D eigenvalue weighted by Gasteiger charge is -2.14. The minimum absolute atomic E-state index is 0.586. The zero-order valence-electron chi connectivity index (χ0n) is 10.6. The van der Waals surface area contributed by atoms with E-state index in [4.69, 9.17) is 0 Å². The van der Waals surface area contributed by atoms with Gasteiger partial charge in [0.25, 0.3) is 0 Å². The molecule has 92 valence electrons. The standard InChI is InChI=1S/C14H14BrN3/c1-4-17-14-10(6-16)7-18-11-5-8(2)13(15)9(3)12(11)14/h5,7H,4H2,1-3H3,(H,17,18). The minimum Gasteiger partial charge on any atom is -0.384 e. The Hall–Kier alpha value is -1.60. The summed E-state index contributed by atoms with van der Waals surface area (Å²) in [6.07, 6.45) is 1.63. The Bertz CT molecular complexity index is 656. The number of rotatable bonds is 2. The topological polar surface area (TPSA) is 48.7 Å². The Morgan fingerprint density at radius 1 is 1.44 bits per heavy atom. The predicted molar refractivity (Wildman–Crippen MR) is 77.8 cm³/mol. The number of pyridine rings is 1. The number of nitrogens with zero attached hydrogens (tertiary/aromatic N) is 2. The minimum atomic E-state index is 0.586. The second kappa shape index (κ2) is 4.95. The van der Waals surface area contributed by atoms with Gasteiger partial charge in [0.1, 0.15) is 6.07 Å². The number of benzene rings is 1. The average molecular weight is 304 g/mol. The lowest BCUT2D eigenvalue weighted by Crippen LogP contribution is -2.02. The molecule has 0 bridgehead atoms. The van der Waals surface area contributed by atoms with E-state index < -0.39 is 0 Å². The van der Waals surface area contributed by atoms with Crippen molar-refractivity contribution in [1.29, 1.82) is 5.26 Å². The Kier molecular flexibility index (Phi) is 3.53. The van der Waals surface area contributed by atoms with E-state index >= 15 is 0 Å². The average Bonchev–Trinajstić information content (AvgIpc) is 2.36. The fourth-order valence-electron chi connectivity index (χ4n) is 2.13. The Morgan fingerprint density at radius 3 is 2.78 bits per heavy atom. The maximum atomic E-state index is 9.18. The van der Waals surface area contributed by atoms with Crippen LogP contribution in [0.3, 0.4) is 0 Å². The highest BCUT2D eigenvalue weighted by Gasteiger charge is 2.13. The summed E-state index contributed by atoms with van der Waals surface area (Å²) in [6.45, 7) is 6.89. The third kappa shape index (κ3) is 1.95. The SMILES string of the molecule is CCNc1c(C#N)cnc2cc(C)c(Br)c(C)c12. The highest BCUT2D eigenvalue weighted by atomic mass is 79.9. The lowest BCUT2D eigenvalue weighted by molar-refractivity contribution is 1.20. The van der Waals surface area contributed by atoms with Crippen LogP contribution in [0.25, 0.3) is 10.9 Å². The van der Waals surface area contributed by atoms with E-state index in [9.17, 15) is 5.26 Å². The van der Waals surface area contributed by atoms with Crippen molar-refractivity contribution in [2.45, 2.75) is 20.8 Å². The van der Waals surface area contributed by atoms with Gasteiger partial charge < -0.3 is 5.32 Å². The van der Waals surface area contributed by atoms with Crippen molar-refractivity contribution in [3.63, 3.8) is 0 Å². The number of nitriles is 1. The van der Waals surface area contributed by atoms with Crippen molar-refractivity contribution in [3.05, 3.63) is 33.4 Å². The maximum absolute atomic E-state index is 9.18. The molecule has 0 amide bonds. The molecule has 0 spiro atoms. The molecule has 2 aromatic rings. The van der Waals surface area contributed by atoms with Crippen LogP contribution in [0.4, 0.5) is 5.69 Å². The smallest absolute Gasteiger partial charge is 0.103 e. The van der Waals surface area contributed by atoms with Crippen LogP contribution in [-0.4, -0.2) is 11.5 Å². The maximum Gasteiger partial charge on any atom is 0.103 e. The van der Waals surface area contributed by atoms with Gasteiger partial charge in [0, 0.05) is 22.6 Å². The van der Waals surface area contributed by atoms with Crippen LogP contribution < -0.4 is 5.32 Å². The highest BCUT2D eigenvalue weighted by molar-refractivity contribution is 9.10. The molecule has 2 rings (SSSR count). The molecule has 1 aromatic carbocycles. The van der Waals surface area contributed by atoms with Crippen molar-refractivity contribution in [2.24, 2.45) is 0 Å². The molecule has 4 heteroatoms. The van der Waals surface area contributed by atoms with E-state index in [-0.39, 0.29) is 0 Å². The first-order chi connectivity index (χ1) is 8.60. The van der Waals surface area contributed by atoms with Gasteiger partial charge in [-0.2, -0.15) is 5.26 Å². The Balaban J connectivity index is 2.91. The largest absolute Gasteiger partial charge is 0.384 e. The Labute approximate surface area is 115 Å². The van der Waals surface area contributed by atoms with E-state index in [1.807, 2.05) is 26.8 Å². The van der Waals surface area contributed by atoms with Gasteiger partial charge in [0.15, 0.2) is 0 Å². The van der Waals surface area contributed by atoms with E-state index in [0.29, 0.717) is 5.56 Å². The van der Waals surface area contributed by atoms with Crippen molar-refractivity contribution < 1.29 is 0 Å². The van der Waals surface area contributed by atoms with E-state index in [2.05, 4.69) is 32.3 Å². The highest BCUT2D eigenvalue weighted by Crippen LogP contribution is 2.34. The lowest BCUT2D eigenvalue weighted by atomic mass is 10.0. The molecule has 0 atom stereocenters. The molecule has 0 saturated heterocycles. The van der Waals surface area contributed by atoms with Gasteiger partial charge in [0.2, 0.25) is 0 Å². The molecule has 0 fully saturated rings. The van der Waals surface area contributed by atoms with Crippen LogP contribution in [0, 0.1) is 25.2 Å². The summed E-state index contributed by atoms with van der Waals surface area (Å²) in [7, 11) is 0. The summed E-state index contributed by atoms with van der Waals surface area (Å²) < 4.78 is 1.08.